The van der Waals surface area contributed by atoms with Gasteiger partial charge in [0.2, 0.25) is 0 Å². The molecule has 1 unspecified atom stereocenters. The predicted molar refractivity (Wildman–Crippen MR) is 65.3 cm³/mol. The molecule has 1 saturated heterocycles. The molecular formula is C9H15N5O2S. The molecule has 94 valence electrons. The van der Waals surface area contributed by atoms with Crippen LogP contribution in [0.3, 0.4) is 0 Å². The van der Waals surface area contributed by atoms with Crippen molar-refractivity contribution in [3.8, 4) is 0 Å². The summed E-state index contributed by atoms with van der Waals surface area (Å²) in [7, 11) is -1.06. The molecule has 1 fully saturated rings. The molecule has 1 aromatic heterocycles. The molecule has 0 saturated carbocycles. The Labute approximate surface area is 99.9 Å². The van der Waals surface area contributed by atoms with E-state index in [0.29, 0.717) is 18.1 Å². The van der Waals surface area contributed by atoms with Crippen LogP contribution in [0.1, 0.15) is 6.42 Å². The number of aromatic nitrogens is 2. The number of nitrogens with two attached hydrogens (primary N) is 1. The van der Waals surface area contributed by atoms with Gasteiger partial charge < -0.3 is 10.3 Å². The molecule has 1 atom stereocenters. The van der Waals surface area contributed by atoms with E-state index in [0.717, 1.165) is 0 Å². The molecule has 0 amide bonds. The van der Waals surface area contributed by atoms with E-state index in [4.69, 9.17) is 5.84 Å². The van der Waals surface area contributed by atoms with Gasteiger partial charge in [0.1, 0.15) is 18.0 Å². The van der Waals surface area contributed by atoms with Crippen molar-refractivity contribution in [3.63, 3.8) is 0 Å². The summed E-state index contributed by atoms with van der Waals surface area (Å²) >= 11 is 0. The van der Waals surface area contributed by atoms with Crippen molar-refractivity contribution >= 4 is 21.5 Å². The van der Waals surface area contributed by atoms with Crippen molar-refractivity contribution in [2.24, 2.45) is 5.84 Å². The molecule has 2 heterocycles. The van der Waals surface area contributed by atoms with E-state index in [2.05, 4.69) is 15.4 Å². The van der Waals surface area contributed by atoms with Crippen LogP contribution in [0.5, 0.6) is 0 Å². The Morgan fingerprint density at radius 2 is 2.29 bits per heavy atom. The summed E-state index contributed by atoms with van der Waals surface area (Å²) in [5, 5.41) is 0. The number of hydrogen-bond donors (Lipinski definition) is 2. The monoisotopic (exact) mass is 257 g/mol. The SMILES string of the molecule is CN(c1cc(NN)ncn1)C1CCS(=O)(=O)C1. The quantitative estimate of drug-likeness (QED) is 0.550. The highest BCUT2D eigenvalue weighted by Crippen LogP contribution is 2.21. The van der Waals surface area contributed by atoms with Gasteiger partial charge in [-0.2, -0.15) is 0 Å². The predicted octanol–water partition coefficient (Wildman–Crippen LogP) is -0.614. The fraction of sp³-hybridized carbons (Fsp3) is 0.556. The van der Waals surface area contributed by atoms with Gasteiger partial charge in [-0.15, -0.1) is 0 Å². The van der Waals surface area contributed by atoms with Crippen LogP contribution >= 0.6 is 0 Å². The van der Waals surface area contributed by atoms with E-state index in [1.54, 1.807) is 6.07 Å². The number of anilines is 2. The molecule has 8 heteroatoms. The fourth-order valence-corrected chi connectivity index (χ4v) is 3.66. The highest BCUT2D eigenvalue weighted by molar-refractivity contribution is 7.91. The minimum atomic E-state index is -2.89. The van der Waals surface area contributed by atoms with Crippen molar-refractivity contribution in [2.45, 2.75) is 12.5 Å². The largest absolute Gasteiger partial charge is 0.355 e. The molecule has 7 nitrogen and oxygen atoms in total. The molecule has 0 spiro atoms. The van der Waals surface area contributed by atoms with Gasteiger partial charge in [-0.05, 0) is 6.42 Å². The summed E-state index contributed by atoms with van der Waals surface area (Å²) in [6.07, 6.45) is 2.03. The first-order chi connectivity index (χ1) is 8.02. The van der Waals surface area contributed by atoms with Crippen LogP contribution < -0.4 is 16.2 Å². The second-order valence-corrected chi connectivity index (χ2v) is 6.30. The van der Waals surface area contributed by atoms with Crippen LogP contribution in [0.25, 0.3) is 0 Å². The zero-order chi connectivity index (χ0) is 12.5. The van der Waals surface area contributed by atoms with Gasteiger partial charge in [0.15, 0.2) is 9.84 Å². The summed E-state index contributed by atoms with van der Waals surface area (Å²) in [4.78, 5) is 9.86. The lowest BCUT2D eigenvalue weighted by Gasteiger charge is -2.24. The van der Waals surface area contributed by atoms with E-state index in [9.17, 15) is 8.42 Å². The number of nitrogens with zero attached hydrogens (tertiary/aromatic N) is 3. The van der Waals surface area contributed by atoms with Crippen LogP contribution in [0.2, 0.25) is 0 Å². The van der Waals surface area contributed by atoms with Crippen LogP contribution in [0.15, 0.2) is 12.4 Å². The first kappa shape index (κ1) is 12.1. The topological polar surface area (TPSA) is 101 Å². The average molecular weight is 257 g/mol. The molecule has 3 N–H and O–H groups in total. The highest BCUT2D eigenvalue weighted by atomic mass is 32.2. The molecular weight excluding hydrogens is 242 g/mol. The molecule has 2 rings (SSSR count). The van der Waals surface area contributed by atoms with E-state index in [1.807, 2.05) is 11.9 Å². The maximum Gasteiger partial charge on any atom is 0.152 e. The Bertz CT molecular complexity index is 504. The third-order valence-electron chi connectivity index (χ3n) is 2.92. The van der Waals surface area contributed by atoms with Crippen molar-refractivity contribution in [1.82, 2.24) is 9.97 Å². The molecule has 0 aliphatic carbocycles. The number of nitrogens with one attached hydrogen (secondary N) is 1. The molecule has 1 aromatic rings. The molecule has 0 bridgehead atoms. The van der Waals surface area contributed by atoms with Gasteiger partial charge in [0, 0.05) is 19.2 Å². The Morgan fingerprint density at radius 1 is 1.53 bits per heavy atom. The standard InChI is InChI=1S/C9H15N5O2S/c1-14(7-2-3-17(15,16)5-7)9-4-8(13-10)11-6-12-9/h4,6-7H,2-3,5,10H2,1H3,(H,11,12,13). The first-order valence-corrected chi connectivity index (χ1v) is 7.06. The van der Waals surface area contributed by atoms with Gasteiger partial charge >= 0.3 is 0 Å². The molecule has 0 radical (unpaired) electrons. The Morgan fingerprint density at radius 3 is 2.88 bits per heavy atom. The second kappa shape index (κ2) is 4.46. The minimum Gasteiger partial charge on any atom is -0.355 e. The lowest BCUT2D eigenvalue weighted by molar-refractivity contribution is 0.600. The third kappa shape index (κ3) is 2.64. The van der Waals surface area contributed by atoms with Crippen LogP contribution in [0.4, 0.5) is 11.6 Å². The van der Waals surface area contributed by atoms with E-state index in [-0.39, 0.29) is 17.5 Å². The van der Waals surface area contributed by atoms with E-state index < -0.39 is 9.84 Å². The Kier molecular flexibility index (Phi) is 3.16. The van der Waals surface area contributed by atoms with Crippen LogP contribution in [0, 0.1) is 0 Å². The van der Waals surface area contributed by atoms with Gasteiger partial charge in [-0.25, -0.2) is 24.2 Å². The van der Waals surface area contributed by atoms with Crippen molar-refractivity contribution < 1.29 is 8.42 Å². The summed E-state index contributed by atoms with van der Waals surface area (Å²) < 4.78 is 22.8. The average Bonchev–Trinajstić information content (AvgIpc) is 2.69. The van der Waals surface area contributed by atoms with E-state index in [1.165, 1.54) is 6.33 Å². The lowest BCUT2D eigenvalue weighted by Crippen LogP contribution is -2.33. The normalized spacial score (nSPS) is 22.4. The first-order valence-electron chi connectivity index (χ1n) is 5.24. The summed E-state index contributed by atoms with van der Waals surface area (Å²) in [6.45, 7) is 0. The van der Waals surface area contributed by atoms with Crippen LogP contribution in [-0.4, -0.2) is 43.0 Å². The summed E-state index contributed by atoms with van der Waals surface area (Å²) in [5.41, 5.74) is 2.43. The van der Waals surface area contributed by atoms with Crippen LogP contribution in [-0.2, 0) is 9.84 Å². The van der Waals surface area contributed by atoms with Crippen molar-refractivity contribution in [2.75, 3.05) is 28.9 Å². The minimum absolute atomic E-state index is 0.0273. The molecule has 17 heavy (non-hydrogen) atoms. The molecule has 0 aromatic carbocycles. The molecule has 1 aliphatic rings. The van der Waals surface area contributed by atoms with Crippen molar-refractivity contribution in [3.05, 3.63) is 12.4 Å². The second-order valence-electron chi connectivity index (χ2n) is 4.07. The number of hydrogen-bond acceptors (Lipinski definition) is 7. The number of sulfone groups is 1. The van der Waals surface area contributed by atoms with E-state index >= 15 is 0 Å². The Hall–Kier alpha value is -1.41. The Balaban J connectivity index is 2.17. The summed E-state index contributed by atoms with van der Waals surface area (Å²) in [6, 6.07) is 1.66. The van der Waals surface area contributed by atoms with Gasteiger partial charge in [0.05, 0.1) is 11.5 Å². The maximum atomic E-state index is 11.4. The number of rotatable bonds is 3. The zero-order valence-corrected chi connectivity index (χ0v) is 10.3. The van der Waals surface area contributed by atoms with Gasteiger partial charge in [-0.1, -0.05) is 0 Å². The smallest absolute Gasteiger partial charge is 0.152 e. The summed E-state index contributed by atoms with van der Waals surface area (Å²) in [5.74, 6) is 6.85. The number of nitrogen functional groups attached to an aromatic ring is 1. The lowest BCUT2D eigenvalue weighted by atomic mass is 10.2. The number of hydrazine groups is 1. The zero-order valence-electron chi connectivity index (χ0n) is 9.50. The van der Waals surface area contributed by atoms with Gasteiger partial charge in [-0.3, -0.25) is 0 Å². The molecule has 1 aliphatic heterocycles. The maximum absolute atomic E-state index is 11.4. The van der Waals surface area contributed by atoms with Gasteiger partial charge in [0.25, 0.3) is 0 Å². The van der Waals surface area contributed by atoms with Crippen molar-refractivity contribution in [1.29, 1.82) is 0 Å². The fourth-order valence-electron chi connectivity index (χ4n) is 1.89. The third-order valence-corrected chi connectivity index (χ3v) is 4.67. The highest BCUT2D eigenvalue weighted by Gasteiger charge is 2.31.